The predicted molar refractivity (Wildman–Crippen MR) is 87.0 cm³/mol. The van der Waals surface area contributed by atoms with Crippen molar-refractivity contribution in [2.24, 2.45) is 7.05 Å². The lowest BCUT2D eigenvalue weighted by molar-refractivity contribution is 0.237. The number of benzene rings is 1. The van der Waals surface area contributed by atoms with Gasteiger partial charge in [0.1, 0.15) is 12.1 Å². The van der Waals surface area contributed by atoms with E-state index < -0.39 is 0 Å². The molecule has 2 rings (SSSR count). The van der Waals surface area contributed by atoms with E-state index >= 15 is 0 Å². The molecule has 124 valence electrons. The van der Waals surface area contributed by atoms with Crippen LogP contribution in [0.1, 0.15) is 37.7 Å². The predicted octanol–water partition coefficient (Wildman–Crippen LogP) is 2.16. The molecule has 2 aromatic rings. The van der Waals surface area contributed by atoms with Crippen LogP contribution in [0.2, 0.25) is 0 Å². The van der Waals surface area contributed by atoms with Crippen LogP contribution in [-0.4, -0.2) is 27.4 Å². The second kappa shape index (κ2) is 8.17. The summed E-state index contributed by atoms with van der Waals surface area (Å²) in [6, 6.07) is 7.24. The van der Waals surface area contributed by atoms with Crippen molar-refractivity contribution in [3.63, 3.8) is 0 Å². The maximum Gasteiger partial charge on any atom is 0.315 e. The number of ether oxygens (including phenoxy) is 1. The Bertz CT molecular complexity index is 624. The Hall–Kier alpha value is -2.57. The average molecular weight is 317 g/mol. The van der Waals surface area contributed by atoms with Gasteiger partial charge in [0.15, 0.2) is 5.82 Å². The highest BCUT2D eigenvalue weighted by Crippen LogP contribution is 2.12. The molecule has 7 nitrogen and oxygen atoms in total. The Kier molecular flexibility index (Phi) is 5.96. The molecule has 0 aliphatic heterocycles. The summed E-state index contributed by atoms with van der Waals surface area (Å²) in [5, 5.41) is 13.4. The maximum absolute atomic E-state index is 11.9. The molecule has 1 heterocycles. The number of aromatic nitrogens is 3. The molecule has 0 spiro atoms. The first-order valence-electron chi connectivity index (χ1n) is 7.70. The van der Waals surface area contributed by atoms with E-state index in [0.717, 1.165) is 17.7 Å². The van der Waals surface area contributed by atoms with Gasteiger partial charge in [0.05, 0.1) is 12.6 Å². The van der Waals surface area contributed by atoms with E-state index in [-0.39, 0.29) is 12.1 Å². The Morgan fingerprint density at radius 3 is 2.70 bits per heavy atom. The fraction of sp³-hybridized carbons (Fsp3) is 0.438. The first-order valence-corrected chi connectivity index (χ1v) is 7.70. The molecule has 0 unspecified atom stereocenters. The molecule has 0 aliphatic rings. The number of aryl methyl sites for hydroxylation is 1. The Morgan fingerprint density at radius 2 is 2.09 bits per heavy atom. The standard InChI is InChI=1S/C16H23N5O2/c1-4-9-23-14-7-5-13(6-8-14)10-17-16(22)19-12(2)15-20-18-11-21(15)3/h5-8,11-12H,4,9-10H2,1-3H3,(H2,17,19,22)/t12-/m0/s1. The van der Waals surface area contributed by atoms with Crippen molar-refractivity contribution in [2.75, 3.05) is 6.61 Å². The molecule has 1 atom stereocenters. The lowest BCUT2D eigenvalue weighted by Crippen LogP contribution is -2.37. The van der Waals surface area contributed by atoms with Crippen molar-refractivity contribution < 1.29 is 9.53 Å². The zero-order valence-corrected chi connectivity index (χ0v) is 13.7. The van der Waals surface area contributed by atoms with Gasteiger partial charge in [-0.1, -0.05) is 19.1 Å². The van der Waals surface area contributed by atoms with Crippen LogP contribution in [0.4, 0.5) is 4.79 Å². The first kappa shape index (κ1) is 16.8. The van der Waals surface area contributed by atoms with Crippen LogP contribution < -0.4 is 15.4 Å². The average Bonchev–Trinajstić information content (AvgIpc) is 2.98. The third kappa shape index (κ3) is 4.98. The van der Waals surface area contributed by atoms with E-state index in [1.54, 1.807) is 10.9 Å². The molecule has 1 aromatic heterocycles. The number of urea groups is 1. The van der Waals surface area contributed by atoms with Crippen LogP contribution in [0.5, 0.6) is 5.75 Å². The van der Waals surface area contributed by atoms with Gasteiger partial charge in [-0.25, -0.2) is 4.79 Å². The molecule has 23 heavy (non-hydrogen) atoms. The second-order valence-corrected chi connectivity index (χ2v) is 5.34. The quantitative estimate of drug-likeness (QED) is 0.820. The summed E-state index contributed by atoms with van der Waals surface area (Å²) in [5.41, 5.74) is 1.01. The molecule has 0 saturated heterocycles. The number of hydrogen-bond acceptors (Lipinski definition) is 4. The Labute approximate surface area is 136 Å². The number of carbonyl (C=O) groups excluding carboxylic acids is 1. The van der Waals surface area contributed by atoms with Crippen molar-refractivity contribution in [1.82, 2.24) is 25.4 Å². The molecule has 0 fully saturated rings. The molecule has 2 N–H and O–H groups in total. The number of rotatable bonds is 7. The Morgan fingerprint density at radius 1 is 1.35 bits per heavy atom. The SMILES string of the molecule is CCCOc1ccc(CNC(=O)N[C@@H](C)c2nncn2C)cc1. The lowest BCUT2D eigenvalue weighted by atomic mass is 10.2. The number of hydrogen-bond donors (Lipinski definition) is 2. The monoisotopic (exact) mass is 317 g/mol. The molecule has 0 radical (unpaired) electrons. The Balaban J connectivity index is 1.79. The third-order valence-corrected chi connectivity index (χ3v) is 3.33. The van der Waals surface area contributed by atoms with E-state index in [2.05, 4.69) is 27.8 Å². The zero-order valence-electron chi connectivity index (χ0n) is 13.7. The molecule has 0 saturated carbocycles. The minimum atomic E-state index is -0.244. The van der Waals surface area contributed by atoms with Gasteiger partial charge >= 0.3 is 6.03 Å². The van der Waals surface area contributed by atoms with Gasteiger partial charge < -0.3 is 19.9 Å². The number of nitrogens with zero attached hydrogens (tertiary/aromatic N) is 3. The summed E-state index contributed by atoms with van der Waals surface area (Å²) in [4.78, 5) is 11.9. The minimum absolute atomic E-state index is 0.215. The van der Waals surface area contributed by atoms with E-state index in [1.165, 1.54) is 0 Å². The third-order valence-electron chi connectivity index (χ3n) is 3.33. The molecular weight excluding hydrogens is 294 g/mol. The van der Waals surface area contributed by atoms with E-state index in [4.69, 9.17) is 4.74 Å². The fourth-order valence-electron chi connectivity index (χ4n) is 2.10. The highest BCUT2D eigenvalue weighted by Gasteiger charge is 2.13. The fourth-order valence-corrected chi connectivity index (χ4v) is 2.10. The first-order chi connectivity index (χ1) is 11.1. The molecule has 0 aliphatic carbocycles. The topological polar surface area (TPSA) is 81.1 Å². The summed E-state index contributed by atoms with van der Waals surface area (Å²) >= 11 is 0. The van der Waals surface area contributed by atoms with Crippen LogP contribution in [0.15, 0.2) is 30.6 Å². The maximum atomic E-state index is 11.9. The lowest BCUT2D eigenvalue weighted by Gasteiger charge is -2.14. The molecular formula is C16H23N5O2. The highest BCUT2D eigenvalue weighted by molar-refractivity contribution is 5.74. The van der Waals surface area contributed by atoms with Crippen LogP contribution in [0, 0.1) is 0 Å². The summed E-state index contributed by atoms with van der Waals surface area (Å²) < 4.78 is 7.30. The number of nitrogens with one attached hydrogen (secondary N) is 2. The van der Waals surface area contributed by atoms with Crippen LogP contribution in [0.25, 0.3) is 0 Å². The minimum Gasteiger partial charge on any atom is -0.494 e. The van der Waals surface area contributed by atoms with Crippen LogP contribution in [-0.2, 0) is 13.6 Å². The normalized spacial score (nSPS) is 11.8. The van der Waals surface area contributed by atoms with Crippen molar-refractivity contribution in [3.05, 3.63) is 42.0 Å². The van der Waals surface area contributed by atoms with E-state index in [1.807, 2.05) is 38.2 Å². The van der Waals surface area contributed by atoms with Gasteiger partial charge in [-0.3, -0.25) is 0 Å². The van der Waals surface area contributed by atoms with Crippen LogP contribution in [0.3, 0.4) is 0 Å². The second-order valence-electron chi connectivity index (χ2n) is 5.34. The van der Waals surface area contributed by atoms with Crippen molar-refractivity contribution in [2.45, 2.75) is 32.9 Å². The number of carbonyl (C=O) groups is 1. The van der Waals surface area contributed by atoms with Crippen molar-refractivity contribution in [1.29, 1.82) is 0 Å². The van der Waals surface area contributed by atoms with Gasteiger partial charge in [-0.05, 0) is 31.0 Å². The summed E-state index contributed by atoms with van der Waals surface area (Å²) in [5.74, 6) is 1.55. The summed E-state index contributed by atoms with van der Waals surface area (Å²) in [6.45, 7) is 5.09. The summed E-state index contributed by atoms with van der Waals surface area (Å²) in [6.07, 6.45) is 2.58. The molecule has 0 bridgehead atoms. The van der Waals surface area contributed by atoms with Crippen LogP contribution >= 0.6 is 0 Å². The molecule has 2 amide bonds. The van der Waals surface area contributed by atoms with E-state index in [9.17, 15) is 4.79 Å². The van der Waals surface area contributed by atoms with Gasteiger partial charge in [0.25, 0.3) is 0 Å². The van der Waals surface area contributed by atoms with Gasteiger partial charge in [0, 0.05) is 13.6 Å². The summed E-state index contributed by atoms with van der Waals surface area (Å²) in [7, 11) is 1.84. The van der Waals surface area contributed by atoms with E-state index in [0.29, 0.717) is 19.0 Å². The number of amides is 2. The molecule has 7 heteroatoms. The largest absolute Gasteiger partial charge is 0.494 e. The zero-order chi connectivity index (χ0) is 16.7. The smallest absolute Gasteiger partial charge is 0.315 e. The van der Waals surface area contributed by atoms with Gasteiger partial charge in [0.2, 0.25) is 0 Å². The van der Waals surface area contributed by atoms with Crippen molar-refractivity contribution in [3.8, 4) is 5.75 Å². The highest BCUT2D eigenvalue weighted by atomic mass is 16.5. The van der Waals surface area contributed by atoms with Gasteiger partial charge in [-0.2, -0.15) is 0 Å². The van der Waals surface area contributed by atoms with Crippen molar-refractivity contribution >= 4 is 6.03 Å². The molecule has 1 aromatic carbocycles. The van der Waals surface area contributed by atoms with Gasteiger partial charge in [-0.15, -0.1) is 10.2 Å².